The lowest BCUT2D eigenvalue weighted by Gasteiger charge is -2.18. The Morgan fingerprint density at radius 1 is 1.26 bits per heavy atom. The summed E-state index contributed by atoms with van der Waals surface area (Å²) < 4.78 is 30.8. The van der Waals surface area contributed by atoms with Gasteiger partial charge in [0.25, 0.3) is 0 Å². The second-order valence-corrected chi connectivity index (χ2v) is 4.94. The maximum Gasteiger partial charge on any atom is 0.428 e. The van der Waals surface area contributed by atoms with Crippen LogP contribution in [0.25, 0.3) is 0 Å². The number of ether oxygens (including phenoxy) is 1. The van der Waals surface area contributed by atoms with Crippen LogP contribution in [0.3, 0.4) is 0 Å². The van der Waals surface area contributed by atoms with Crippen LogP contribution < -0.4 is 5.43 Å². The molecule has 0 aliphatic carbocycles. The number of nitrogens with zero attached hydrogens (tertiary/aromatic N) is 1. The van der Waals surface area contributed by atoms with Crippen molar-refractivity contribution in [2.24, 2.45) is 5.10 Å². The summed E-state index contributed by atoms with van der Waals surface area (Å²) in [6.07, 6.45) is -0.713. The molecular formula is C13H16F2N2O2. The fourth-order valence-corrected chi connectivity index (χ4v) is 1.22. The van der Waals surface area contributed by atoms with E-state index in [0.29, 0.717) is 11.3 Å². The van der Waals surface area contributed by atoms with E-state index in [4.69, 9.17) is 4.74 Å². The number of hydrogen-bond acceptors (Lipinski definition) is 3. The largest absolute Gasteiger partial charge is 0.443 e. The third-order valence-electron chi connectivity index (χ3n) is 2.05. The monoisotopic (exact) mass is 270 g/mol. The first-order valence-corrected chi connectivity index (χ1v) is 5.68. The summed E-state index contributed by atoms with van der Waals surface area (Å²) >= 11 is 0. The van der Waals surface area contributed by atoms with Crippen LogP contribution in [0.2, 0.25) is 0 Å². The molecule has 0 radical (unpaired) electrons. The van der Waals surface area contributed by atoms with Crippen molar-refractivity contribution in [2.45, 2.75) is 33.3 Å². The molecule has 0 saturated heterocycles. The lowest BCUT2D eigenvalue weighted by molar-refractivity contribution is 0.0529. The molecule has 1 aromatic rings. The quantitative estimate of drug-likeness (QED) is 0.662. The molecule has 0 unspecified atom stereocenters. The highest BCUT2D eigenvalue weighted by Gasteiger charge is 2.15. The highest BCUT2D eigenvalue weighted by molar-refractivity contribution is 5.99. The summed E-state index contributed by atoms with van der Waals surface area (Å²) in [6, 6.07) is 3.37. The van der Waals surface area contributed by atoms with E-state index in [1.807, 2.05) is 0 Å². The summed E-state index contributed by atoms with van der Waals surface area (Å²) in [5, 5.41) is 3.75. The minimum atomic E-state index is -0.968. The van der Waals surface area contributed by atoms with Crippen molar-refractivity contribution in [1.29, 1.82) is 0 Å². The lowest BCUT2D eigenvalue weighted by Crippen LogP contribution is -2.30. The second-order valence-electron chi connectivity index (χ2n) is 4.94. The summed E-state index contributed by atoms with van der Waals surface area (Å²) in [4.78, 5) is 11.3. The van der Waals surface area contributed by atoms with Crippen molar-refractivity contribution in [1.82, 2.24) is 5.43 Å². The number of carbonyl (C=O) groups excluding carboxylic acids is 1. The zero-order chi connectivity index (χ0) is 14.6. The molecule has 6 heteroatoms. The minimum absolute atomic E-state index is 0.338. The van der Waals surface area contributed by atoms with Gasteiger partial charge >= 0.3 is 6.09 Å². The van der Waals surface area contributed by atoms with Gasteiger partial charge in [-0.2, -0.15) is 5.10 Å². The van der Waals surface area contributed by atoms with Crippen LogP contribution in [0.1, 0.15) is 33.3 Å². The van der Waals surface area contributed by atoms with E-state index >= 15 is 0 Å². The molecule has 1 amide bonds. The molecule has 1 aromatic carbocycles. The molecule has 0 fully saturated rings. The number of hydrazone groups is 1. The molecule has 0 spiro atoms. The number of rotatable bonds is 2. The first-order chi connectivity index (χ1) is 8.69. The maximum absolute atomic E-state index is 13.0. The molecule has 0 saturated carbocycles. The van der Waals surface area contributed by atoms with E-state index < -0.39 is 23.3 Å². The molecule has 1 N–H and O–H groups in total. The van der Waals surface area contributed by atoms with Crippen molar-refractivity contribution in [2.75, 3.05) is 0 Å². The molecule has 104 valence electrons. The average Bonchev–Trinajstić information content (AvgIpc) is 2.27. The minimum Gasteiger partial charge on any atom is -0.443 e. The highest BCUT2D eigenvalue weighted by Crippen LogP contribution is 2.10. The Labute approximate surface area is 110 Å². The van der Waals surface area contributed by atoms with Crippen LogP contribution >= 0.6 is 0 Å². The lowest BCUT2D eigenvalue weighted by atomic mass is 10.1. The first-order valence-electron chi connectivity index (χ1n) is 5.68. The number of halogens is 2. The van der Waals surface area contributed by atoms with E-state index in [0.717, 1.165) is 12.1 Å². The summed E-state index contributed by atoms with van der Waals surface area (Å²) in [5.74, 6) is -1.90. The standard InChI is InChI=1S/C13H16F2N2O2/c1-8(9-5-6-10(14)11(15)7-9)16-17-12(18)19-13(2,3)4/h5-7H,1-4H3,(H,17,18)/b16-8-. The molecular weight excluding hydrogens is 254 g/mol. The fraction of sp³-hybridized carbons (Fsp3) is 0.385. The Morgan fingerprint density at radius 3 is 2.42 bits per heavy atom. The van der Waals surface area contributed by atoms with Gasteiger partial charge in [0.1, 0.15) is 5.60 Å². The molecule has 1 rings (SSSR count). The third-order valence-corrected chi connectivity index (χ3v) is 2.05. The van der Waals surface area contributed by atoms with Gasteiger partial charge in [0, 0.05) is 5.56 Å². The Morgan fingerprint density at radius 2 is 1.89 bits per heavy atom. The number of nitrogens with one attached hydrogen (secondary N) is 1. The van der Waals surface area contributed by atoms with Gasteiger partial charge in [-0.15, -0.1) is 0 Å². The van der Waals surface area contributed by atoms with Gasteiger partial charge < -0.3 is 4.74 Å². The number of benzene rings is 1. The fourth-order valence-electron chi connectivity index (χ4n) is 1.22. The predicted molar refractivity (Wildman–Crippen MR) is 67.9 cm³/mol. The number of amides is 1. The van der Waals surface area contributed by atoms with Crippen LogP contribution in [0, 0.1) is 11.6 Å². The number of hydrogen-bond donors (Lipinski definition) is 1. The molecule has 0 aromatic heterocycles. The van der Waals surface area contributed by atoms with Crippen LogP contribution in [-0.4, -0.2) is 17.4 Å². The van der Waals surface area contributed by atoms with Crippen LogP contribution in [0.15, 0.2) is 23.3 Å². The van der Waals surface area contributed by atoms with E-state index in [9.17, 15) is 13.6 Å². The summed E-state index contributed by atoms with van der Waals surface area (Å²) in [5.41, 5.74) is 2.26. The SMILES string of the molecule is C/C(=N/NC(=O)OC(C)(C)C)c1ccc(F)c(F)c1. The normalized spacial score (nSPS) is 12.2. The first kappa shape index (κ1) is 15.1. The number of carbonyl (C=O) groups is 1. The molecule has 0 aliphatic rings. The zero-order valence-electron chi connectivity index (χ0n) is 11.3. The predicted octanol–water partition coefficient (Wildman–Crippen LogP) is 3.21. The van der Waals surface area contributed by atoms with Gasteiger partial charge in [-0.1, -0.05) is 0 Å². The van der Waals surface area contributed by atoms with E-state index in [2.05, 4.69) is 10.5 Å². The van der Waals surface area contributed by atoms with Gasteiger partial charge in [-0.3, -0.25) is 0 Å². The Hall–Kier alpha value is -1.98. The van der Waals surface area contributed by atoms with Gasteiger partial charge in [-0.25, -0.2) is 19.0 Å². The van der Waals surface area contributed by atoms with Gasteiger partial charge in [-0.05, 0) is 45.9 Å². The van der Waals surface area contributed by atoms with E-state index in [-0.39, 0.29) is 0 Å². The summed E-state index contributed by atoms with van der Waals surface area (Å²) in [7, 11) is 0. The average molecular weight is 270 g/mol. The van der Waals surface area contributed by atoms with Gasteiger partial charge in [0.05, 0.1) is 5.71 Å². The zero-order valence-corrected chi connectivity index (χ0v) is 11.3. The molecule has 4 nitrogen and oxygen atoms in total. The smallest absolute Gasteiger partial charge is 0.428 e. The third kappa shape index (κ3) is 5.03. The summed E-state index contributed by atoms with van der Waals surface area (Å²) in [6.45, 7) is 6.72. The Balaban J connectivity index is 2.72. The second kappa shape index (κ2) is 5.77. The van der Waals surface area contributed by atoms with Crippen molar-refractivity contribution < 1.29 is 18.3 Å². The van der Waals surface area contributed by atoms with Crippen LogP contribution in [-0.2, 0) is 4.74 Å². The van der Waals surface area contributed by atoms with E-state index in [1.165, 1.54) is 6.07 Å². The Bertz CT molecular complexity index is 508. The topological polar surface area (TPSA) is 50.7 Å². The van der Waals surface area contributed by atoms with E-state index in [1.54, 1.807) is 27.7 Å². The van der Waals surface area contributed by atoms with Gasteiger partial charge in [0.15, 0.2) is 11.6 Å². The maximum atomic E-state index is 13.0. The van der Waals surface area contributed by atoms with Crippen molar-refractivity contribution in [3.8, 4) is 0 Å². The van der Waals surface area contributed by atoms with Crippen molar-refractivity contribution in [3.05, 3.63) is 35.4 Å². The Kier molecular flexibility index (Phi) is 4.58. The van der Waals surface area contributed by atoms with Gasteiger partial charge in [0.2, 0.25) is 0 Å². The molecule has 0 atom stereocenters. The molecule has 0 bridgehead atoms. The highest BCUT2D eigenvalue weighted by atomic mass is 19.2. The molecule has 0 heterocycles. The molecule has 19 heavy (non-hydrogen) atoms. The van der Waals surface area contributed by atoms with Crippen LogP contribution in [0.4, 0.5) is 13.6 Å². The van der Waals surface area contributed by atoms with Crippen molar-refractivity contribution >= 4 is 11.8 Å². The van der Waals surface area contributed by atoms with Crippen molar-refractivity contribution in [3.63, 3.8) is 0 Å². The molecule has 0 aliphatic heterocycles. The van der Waals surface area contributed by atoms with Crippen LogP contribution in [0.5, 0.6) is 0 Å².